The zero-order valence-electron chi connectivity index (χ0n) is 27.7. The normalized spacial score (nSPS) is 12.9. The SMILES string of the molecule is c1ccc(-n2c3ccccc3c3c4cc5c(cc4c4c6ccccc6n(-c6ccc7oc8ccccc8c7c6)c4c32)Cc2ccccc2C5)cc1. The number of fused-ring (bicyclic) bond motifs is 15. The van der Waals surface area contributed by atoms with Gasteiger partial charge in [-0.25, -0.2) is 0 Å². The van der Waals surface area contributed by atoms with E-state index in [0.29, 0.717) is 0 Å². The molecule has 1 aliphatic carbocycles. The Hall–Kier alpha value is -6.58. The molecule has 3 heteroatoms. The molecule has 3 nitrogen and oxygen atoms in total. The van der Waals surface area contributed by atoms with Crippen molar-refractivity contribution in [3.05, 3.63) is 180 Å². The molecule has 0 saturated carbocycles. The third kappa shape index (κ3) is 3.67. The van der Waals surface area contributed by atoms with Crippen LogP contribution in [0.1, 0.15) is 22.3 Å². The number of para-hydroxylation sites is 4. The van der Waals surface area contributed by atoms with Crippen molar-refractivity contribution in [2.75, 3.05) is 0 Å². The van der Waals surface area contributed by atoms with Crippen molar-refractivity contribution in [2.45, 2.75) is 12.8 Å². The van der Waals surface area contributed by atoms with Crippen molar-refractivity contribution >= 4 is 76.3 Å². The van der Waals surface area contributed by atoms with Crippen LogP contribution in [0.4, 0.5) is 0 Å². The number of rotatable bonds is 2. The van der Waals surface area contributed by atoms with Crippen LogP contribution >= 0.6 is 0 Å². The van der Waals surface area contributed by atoms with Crippen LogP contribution in [-0.2, 0) is 12.8 Å². The lowest BCUT2D eigenvalue weighted by Crippen LogP contribution is -2.07. The van der Waals surface area contributed by atoms with Crippen molar-refractivity contribution in [1.82, 2.24) is 9.13 Å². The van der Waals surface area contributed by atoms with Crippen LogP contribution in [0.3, 0.4) is 0 Å². The molecule has 1 aliphatic rings. The number of nitrogens with zero attached hydrogens (tertiary/aromatic N) is 2. The van der Waals surface area contributed by atoms with Crippen LogP contribution in [0.5, 0.6) is 0 Å². The summed E-state index contributed by atoms with van der Waals surface area (Å²) >= 11 is 0. The van der Waals surface area contributed by atoms with Gasteiger partial charge in [0.25, 0.3) is 0 Å². The second-order valence-electron chi connectivity index (χ2n) is 14.1. The van der Waals surface area contributed by atoms with Gasteiger partial charge >= 0.3 is 0 Å². The molecule has 0 radical (unpaired) electrons. The first-order valence-corrected chi connectivity index (χ1v) is 17.8. The molecule has 8 aromatic carbocycles. The molecule has 0 N–H and O–H groups in total. The first-order chi connectivity index (χ1) is 25.3. The quantitative estimate of drug-likeness (QED) is 0.183. The summed E-state index contributed by atoms with van der Waals surface area (Å²) in [7, 11) is 0. The fraction of sp³-hybridized carbons (Fsp3) is 0.0417. The van der Waals surface area contributed by atoms with E-state index in [0.717, 1.165) is 46.2 Å². The highest BCUT2D eigenvalue weighted by Gasteiger charge is 2.26. The fourth-order valence-corrected chi connectivity index (χ4v) is 9.19. The Bertz CT molecular complexity index is 3250. The summed E-state index contributed by atoms with van der Waals surface area (Å²) in [5.74, 6) is 0. The molecule has 3 aromatic heterocycles. The zero-order valence-corrected chi connectivity index (χ0v) is 27.7. The van der Waals surface area contributed by atoms with Gasteiger partial charge in [-0.15, -0.1) is 0 Å². The topological polar surface area (TPSA) is 23.0 Å². The smallest absolute Gasteiger partial charge is 0.135 e. The molecular weight excluding hydrogens is 621 g/mol. The maximum absolute atomic E-state index is 6.31. The largest absolute Gasteiger partial charge is 0.456 e. The van der Waals surface area contributed by atoms with E-state index in [1.165, 1.54) is 76.6 Å². The van der Waals surface area contributed by atoms with Gasteiger partial charge in [0, 0.05) is 43.7 Å². The minimum atomic E-state index is 0.904. The maximum Gasteiger partial charge on any atom is 0.135 e. The predicted molar refractivity (Wildman–Crippen MR) is 212 cm³/mol. The maximum atomic E-state index is 6.31. The summed E-state index contributed by atoms with van der Waals surface area (Å²) in [4.78, 5) is 0. The molecule has 0 atom stereocenters. The highest BCUT2D eigenvalue weighted by molar-refractivity contribution is 6.36. The van der Waals surface area contributed by atoms with Crippen LogP contribution in [-0.4, -0.2) is 9.13 Å². The summed E-state index contributed by atoms with van der Waals surface area (Å²) in [6.45, 7) is 0. The highest BCUT2D eigenvalue weighted by Crippen LogP contribution is 2.48. The predicted octanol–water partition coefficient (Wildman–Crippen LogP) is 12.4. The summed E-state index contributed by atoms with van der Waals surface area (Å²) in [5.41, 5.74) is 14.7. The second kappa shape index (κ2) is 9.99. The van der Waals surface area contributed by atoms with E-state index in [1.54, 1.807) is 0 Å². The van der Waals surface area contributed by atoms with Gasteiger partial charge in [-0.3, -0.25) is 0 Å². The molecule has 0 bridgehead atoms. The zero-order chi connectivity index (χ0) is 33.2. The van der Waals surface area contributed by atoms with E-state index in [1.807, 2.05) is 6.07 Å². The molecular formula is C48H30N2O. The molecule has 0 aliphatic heterocycles. The number of aromatic nitrogens is 2. The lowest BCUT2D eigenvalue weighted by molar-refractivity contribution is 0.669. The molecule has 0 fully saturated rings. The standard InChI is InChI=1S/C48H30N2O/c1-2-14-33(15-3-1)49-41-19-9-6-17-36(41)45-39-26-31-24-29-12-4-5-13-30(29)25-32(31)27-40(39)46-37-18-7-10-20-42(37)50(48(46)47(45)49)34-22-23-44-38(28-34)35-16-8-11-21-43(35)51-44/h1-23,26-28H,24-25H2. The summed E-state index contributed by atoms with van der Waals surface area (Å²) in [6.07, 6.45) is 1.91. The number of benzene rings is 8. The van der Waals surface area contributed by atoms with Gasteiger partial charge in [0.05, 0.1) is 22.1 Å². The average Bonchev–Trinajstić information content (AvgIpc) is 3.85. The van der Waals surface area contributed by atoms with Gasteiger partial charge in [0.15, 0.2) is 0 Å². The van der Waals surface area contributed by atoms with Gasteiger partial charge in [0.1, 0.15) is 11.2 Å². The molecule has 0 spiro atoms. The Morgan fingerprint density at radius 1 is 0.353 bits per heavy atom. The minimum Gasteiger partial charge on any atom is -0.456 e. The summed E-state index contributed by atoms with van der Waals surface area (Å²) in [6, 6.07) is 57.9. The van der Waals surface area contributed by atoms with E-state index >= 15 is 0 Å². The molecule has 0 amide bonds. The Kier molecular flexibility index (Phi) is 5.34. The van der Waals surface area contributed by atoms with Gasteiger partial charge in [-0.05, 0) is 107 Å². The van der Waals surface area contributed by atoms with Crippen molar-refractivity contribution < 1.29 is 4.42 Å². The molecule has 0 saturated heterocycles. The monoisotopic (exact) mass is 650 g/mol. The molecule has 238 valence electrons. The van der Waals surface area contributed by atoms with Gasteiger partial charge < -0.3 is 13.6 Å². The van der Waals surface area contributed by atoms with Crippen LogP contribution in [0.25, 0.3) is 87.7 Å². The van der Waals surface area contributed by atoms with Crippen LogP contribution in [0.15, 0.2) is 162 Å². The van der Waals surface area contributed by atoms with E-state index in [2.05, 4.69) is 161 Å². The first kappa shape index (κ1) is 27.3. The average molecular weight is 651 g/mol. The van der Waals surface area contributed by atoms with Gasteiger partial charge in [-0.1, -0.05) is 97.1 Å². The van der Waals surface area contributed by atoms with Gasteiger partial charge in [0.2, 0.25) is 0 Å². The van der Waals surface area contributed by atoms with E-state index in [-0.39, 0.29) is 0 Å². The molecule has 12 rings (SSSR count). The van der Waals surface area contributed by atoms with Crippen molar-refractivity contribution in [1.29, 1.82) is 0 Å². The fourth-order valence-electron chi connectivity index (χ4n) is 9.19. The molecule has 0 unspecified atom stereocenters. The van der Waals surface area contributed by atoms with Crippen LogP contribution in [0.2, 0.25) is 0 Å². The third-order valence-electron chi connectivity index (χ3n) is 11.4. The lowest BCUT2D eigenvalue weighted by atomic mass is 9.83. The Labute approximate surface area is 293 Å². The van der Waals surface area contributed by atoms with Crippen LogP contribution < -0.4 is 0 Å². The Balaban J connectivity index is 1.33. The number of furan rings is 1. The Morgan fingerprint density at radius 2 is 0.863 bits per heavy atom. The second-order valence-corrected chi connectivity index (χ2v) is 14.1. The van der Waals surface area contributed by atoms with Crippen molar-refractivity contribution in [3.8, 4) is 11.4 Å². The summed E-state index contributed by atoms with van der Waals surface area (Å²) < 4.78 is 11.3. The Morgan fingerprint density at radius 3 is 1.51 bits per heavy atom. The van der Waals surface area contributed by atoms with E-state index in [4.69, 9.17) is 4.42 Å². The van der Waals surface area contributed by atoms with Crippen LogP contribution in [0, 0.1) is 0 Å². The number of hydrogen-bond acceptors (Lipinski definition) is 1. The minimum absolute atomic E-state index is 0.904. The van der Waals surface area contributed by atoms with E-state index in [9.17, 15) is 0 Å². The molecule has 51 heavy (non-hydrogen) atoms. The lowest BCUT2D eigenvalue weighted by Gasteiger charge is -2.21. The molecule has 11 aromatic rings. The molecule has 3 heterocycles. The van der Waals surface area contributed by atoms with Gasteiger partial charge in [-0.2, -0.15) is 0 Å². The third-order valence-corrected chi connectivity index (χ3v) is 11.4. The van der Waals surface area contributed by atoms with E-state index < -0.39 is 0 Å². The number of hydrogen-bond donors (Lipinski definition) is 0. The van der Waals surface area contributed by atoms with Crippen molar-refractivity contribution in [2.24, 2.45) is 0 Å². The first-order valence-electron chi connectivity index (χ1n) is 17.8. The van der Waals surface area contributed by atoms with Crippen molar-refractivity contribution in [3.63, 3.8) is 0 Å². The summed E-state index contributed by atoms with van der Waals surface area (Å²) in [5, 5.41) is 10.0. The highest BCUT2D eigenvalue weighted by atomic mass is 16.3.